The molecule has 1 aliphatic heterocycles. The predicted molar refractivity (Wildman–Crippen MR) is 103 cm³/mol. The first kappa shape index (κ1) is 16.8. The second kappa shape index (κ2) is 6.90. The minimum absolute atomic E-state index is 0.206. The number of aliphatic imine (C=N–C) groups is 1. The molecule has 1 aromatic heterocycles. The molecule has 0 atom stereocenters. The van der Waals surface area contributed by atoms with Gasteiger partial charge in [0.2, 0.25) is 5.96 Å². The number of amides is 1. The number of aromatic nitrogens is 2. The number of hydrogen-bond acceptors (Lipinski definition) is 5. The summed E-state index contributed by atoms with van der Waals surface area (Å²) < 4.78 is 0. The zero-order valence-corrected chi connectivity index (χ0v) is 15.0. The standard InChI is InChI=1S/C18H13Cl2N5O/c19-13-5-3-6-14(20)16(13)23-18-21-8-9-25(18)17(26)12-10-22-24-15-7-2-1-4-11(12)15/h1-7,10H,8-9H2,(H,21,23). The van der Waals surface area contributed by atoms with Gasteiger partial charge in [0.1, 0.15) is 0 Å². The van der Waals surface area contributed by atoms with Crippen molar-refractivity contribution in [2.75, 3.05) is 18.4 Å². The maximum atomic E-state index is 13.1. The van der Waals surface area contributed by atoms with E-state index in [4.69, 9.17) is 23.2 Å². The summed E-state index contributed by atoms with van der Waals surface area (Å²) in [6.45, 7) is 0.951. The average Bonchev–Trinajstić information content (AvgIpc) is 3.12. The number of hydrogen-bond donors (Lipinski definition) is 1. The normalized spacial score (nSPS) is 13.8. The molecule has 0 radical (unpaired) electrons. The second-order valence-corrected chi connectivity index (χ2v) is 6.47. The molecule has 6 nitrogen and oxygen atoms in total. The van der Waals surface area contributed by atoms with E-state index in [-0.39, 0.29) is 5.91 Å². The van der Waals surface area contributed by atoms with Gasteiger partial charge in [0.15, 0.2) is 0 Å². The highest BCUT2D eigenvalue weighted by Crippen LogP contribution is 2.30. The van der Waals surface area contributed by atoms with Crippen molar-refractivity contribution in [1.82, 2.24) is 15.1 Å². The molecular weight excluding hydrogens is 373 g/mol. The van der Waals surface area contributed by atoms with Crippen molar-refractivity contribution in [3.8, 4) is 0 Å². The minimum Gasteiger partial charge on any atom is -0.323 e. The van der Waals surface area contributed by atoms with Gasteiger partial charge in [-0.2, -0.15) is 10.2 Å². The number of fused-ring (bicyclic) bond motifs is 1. The number of guanidine groups is 1. The summed E-state index contributed by atoms with van der Waals surface area (Å²) in [5.74, 6) is 0.203. The number of anilines is 1. The molecule has 130 valence electrons. The van der Waals surface area contributed by atoms with E-state index >= 15 is 0 Å². The third kappa shape index (κ3) is 2.98. The Hall–Kier alpha value is -2.70. The van der Waals surface area contributed by atoms with Crippen LogP contribution in [0.1, 0.15) is 10.4 Å². The molecule has 0 unspecified atom stereocenters. The van der Waals surface area contributed by atoms with Crippen molar-refractivity contribution in [3.63, 3.8) is 0 Å². The number of nitrogens with one attached hydrogen (secondary N) is 1. The van der Waals surface area contributed by atoms with E-state index in [0.29, 0.717) is 45.9 Å². The van der Waals surface area contributed by atoms with Gasteiger partial charge in [-0.15, -0.1) is 0 Å². The van der Waals surface area contributed by atoms with Crippen LogP contribution in [0.5, 0.6) is 0 Å². The van der Waals surface area contributed by atoms with Crippen molar-refractivity contribution in [2.45, 2.75) is 0 Å². The molecule has 0 saturated carbocycles. The van der Waals surface area contributed by atoms with Gasteiger partial charge in [0.05, 0.1) is 39.6 Å². The Bertz CT molecular complexity index is 1010. The lowest BCUT2D eigenvalue weighted by Gasteiger charge is -2.20. The number of nitrogens with zero attached hydrogens (tertiary/aromatic N) is 4. The van der Waals surface area contributed by atoms with Crippen LogP contribution in [-0.4, -0.2) is 40.1 Å². The first-order chi connectivity index (χ1) is 12.6. The molecule has 8 heteroatoms. The van der Waals surface area contributed by atoms with E-state index in [0.717, 1.165) is 5.39 Å². The monoisotopic (exact) mass is 385 g/mol. The van der Waals surface area contributed by atoms with Gasteiger partial charge in [-0.25, -0.2) is 0 Å². The topological polar surface area (TPSA) is 70.5 Å². The molecule has 0 fully saturated rings. The molecule has 3 aromatic rings. The lowest BCUT2D eigenvalue weighted by atomic mass is 10.1. The molecular formula is C18H13Cl2N5O. The smallest absolute Gasteiger partial charge is 0.262 e. The molecule has 2 heterocycles. The van der Waals surface area contributed by atoms with E-state index in [1.807, 2.05) is 24.3 Å². The summed E-state index contributed by atoms with van der Waals surface area (Å²) in [6.07, 6.45) is 1.48. The SMILES string of the molecule is O=C(c1cnnc2ccccc12)N1CCN=C1Nc1c(Cl)cccc1Cl. The van der Waals surface area contributed by atoms with Crippen LogP contribution in [0.4, 0.5) is 5.69 Å². The predicted octanol–water partition coefficient (Wildman–Crippen LogP) is 3.86. The van der Waals surface area contributed by atoms with Crippen LogP contribution in [0, 0.1) is 0 Å². The first-order valence-electron chi connectivity index (χ1n) is 7.93. The zero-order chi connectivity index (χ0) is 18.1. The highest BCUT2D eigenvalue weighted by molar-refractivity contribution is 6.40. The Labute approximate surface area is 159 Å². The van der Waals surface area contributed by atoms with E-state index in [1.165, 1.54) is 6.20 Å². The zero-order valence-electron chi connectivity index (χ0n) is 13.5. The van der Waals surface area contributed by atoms with E-state index in [9.17, 15) is 4.79 Å². The molecule has 0 spiro atoms. The van der Waals surface area contributed by atoms with Crippen LogP contribution in [0.25, 0.3) is 10.9 Å². The van der Waals surface area contributed by atoms with Crippen molar-refractivity contribution < 1.29 is 4.79 Å². The fourth-order valence-electron chi connectivity index (χ4n) is 2.80. The van der Waals surface area contributed by atoms with Crippen LogP contribution >= 0.6 is 23.2 Å². The van der Waals surface area contributed by atoms with E-state index in [1.54, 1.807) is 23.1 Å². The highest BCUT2D eigenvalue weighted by atomic mass is 35.5. The summed E-state index contributed by atoms with van der Waals surface area (Å²) in [4.78, 5) is 19.0. The second-order valence-electron chi connectivity index (χ2n) is 5.66. The van der Waals surface area contributed by atoms with Gasteiger partial charge in [-0.1, -0.05) is 47.5 Å². The Morgan fingerprint density at radius 2 is 1.85 bits per heavy atom. The van der Waals surface area contributed by atoms with Crippen molar-refractivity contribution in [3.05, 3.63) is 64.3 Å². The largest absolute Gasteiger partial charge is 0.323 e. The summed E-state index contributed by atoms with van der Waals surface area (Å²) in [5, 5.41) is 12.7. The molecule has 4 rings (SSSR count). The summed E-state index contributed by atoms with van der Waals surface area (Å²) in [5.41, 5.74) is 1.65. The van der Waals surface area contributed by atoms with Gasteiger partial charge in [-0.05, 0) is 18.2 Å². The Morgan fingerprint density at radius 1 is 1.08 bits per heavy atom. The van der Waals surface area contributed by atoms with Crippen molar-refractivity contribution in [1.29, 1.82) is 0 Å². The minimum atomic E-state index is -0.206. The first-order valence-corrected chi connectivity index (χ1v) is 8.68. The molecule has 1 amide bonds. The van der Waals surface area contributed by atoms with Crippen LogP contribution in [0.2, 0.25) is 10.0 Å². The molecule has 0 bridgehead atoms. The highest BCUT2D eigenvalue weighted by Gasteiger charge is 2.27. The van der Waals surface area contributed by atoms with Crippen LogP contribution in [0.3, 0.4) is 0 Å². The van der Waals surface area contributed by atoms with Crippen LogP contribution < -0.4 is 5.32 Å². The molecule has 1 N–H and O–H groups in total. The Morgan fingerprint density at radius 3 is 2.65 bits per heavy atom. The number of rotatable bonds is 2. The third-order valence-electron chi connectivity index (χ3n) is 4.06. The fraction of sp³-hybridized carbons (Fsp3) is 0.111. The molecule has 1 aliphatic rings. The quantitative estimate of drug-likeness (QED) is 0.726. The van der Waals surface area contributed by atoms with E-state index < -0.39 is 0 Å². The number of carbonyl (C=O) groups excluding carboxylic acids is 1. The number of para-hydroxylation sites is 1. The summed E-state index contributed by atoms with van der Waals surface area (Å²) in [6, 6.07) is 12.6. The van der Waals surface area contributed by atoms with Gasteiger partial charge in [0, 0.05) is 11.9 Å². The van der Waals surface area contributed by atoms with Gasteiger partial charge in [-0.3, -0.25) is 14.7 Å². The lowest BCUT2D eigenvalue weighted by molar-refractivity contribution is 0.0859. The number of carbonyl (C=O) groups is 1. The fourth-order valence-corrected chi connectivity index (χ4v) is 3.30. The Kier molecular flexibility index (Phi) is 4.44. The van der Waals surface area contributed by atoms with Gasteiger partial charge < -0.3 is 5.32 Å². The molecule has 26 heavy (non-hydrogen) atoms. The summed E-state index contributed by atoms with van der Waals surface area (Å²) >= 11 is 12.4. The number of benzene rings is 2. The van der Waals surface area contributed by atoms with Gasteiger partial charge >= 0.3 is 0 Å². The number of halogens is 2. The lowest BCUT2D eigenvalue weighted by Crippen LogP contribution is -2.38. The third-order valence-corrected chi connectivity index (χ3v) is 4.69. The van der Waals surface area contributed by atoms with Crippen molar-refractivity contribution in [2.24, 2.45) is 4.99 Å². The maximum Gasteiger partial charge on any atom is 0.262 e. The molecule has 0 aliphatic carbocycles. The van der Waals surface area contributed by atoms with Crippen LogP contribution in [0.15, 0.2) is 53.7 Å². The summed E-state index contributed by atoms with van der Waals surface area (Å²) in [7, 11) is 0. The van der Waals surface area contributed by atoms with E-state index in [2.05, 4.69) is 20.5 Å². The molecule has 0 saturated heterocycles. The average molecular weight is 386 g/mol. The maximum absolute atomic E-state index is 13.1. The van der Waals surface area contributed by atoms with Crippen molar-refractivity contribution >= 4 is 51.7 Å². The Balaban J connectivity index is 1.67. The van der Waals surface area contributed by atoms with Gasteiger partial charge in [0.25, 0.3) is 5.91 Å². The van der Waals surface area contributed by atoms with Crippen LogP contribution in [-0.2, 0) is 0 Å². The molecule has 2 aromatic carbocycles.